The summed E-state index contributed by atoms with van der Waals surface area (Å²) in [6.07, 6.45) is 4.26. The van der Waals surface area contributed by atoms with Crippen LogP contribution in [-0.2, 0) is 0 Å². The van der Waals surface area contributed by atoms with Crippen LogP contribution in [0.1, 0.15) is 57.8 Å². The fourth-order valence-corrected chi connectivity index (χ4v) is 3.18. The van der Waals surface area contributed by atoms with Gasteiger partial charge in [0.15, 0.2) is 5.78 Å². The van der Waals surface area contributed by atoms with Crippen molar-refractivity contribution in [1.29, 1.82) is 0 Å². The Morgan fingerprint density at radius 2 is 1.71 bits per heavy atom. The van der Waals surface area contributed by atoms with Crippen LogP contribution in [0.3, 0.4) is 0 Å². The van der Waals surface area contributed by atoms with Gasteiger partial charge in [0, 0.05) is 49.2 Å². The fourth-order valence-electron chi connectivity index (χ4n) is 3.18. The number of hydrogen-bond acceptors (Lipinski definition) is 3. The van der Waals surface area contributed by atoms with Crippen LogP contribution in [0.25, 0.3) is 0 Å². The molecule has 0 aliphatic carbocycles. The molecule has 0 fully saturated rings. The maximum Gasteiger partial charge on any atom is 0.191 e. The minimum Gasteiger partial charge on any atom is -0.378 e. The highest BCUT2D eigenvalue weighted by atomic mass is 16.1. The first-order valence-corrected chi connectivity index (χ1v) is 8.83. The summed E-state index contributed by atoms with van der Waals surface area (Å²) >= 11 is 0. The highest BCUT2D eigenvalue weighted by Gasteiger charge is 2.33. The molecule has 2 rings (SSSR count). The van der Waals surface area contributed by atoms with E-state index >= 15 is 0 Å². The van der Waals surface area contributed by atoms with Crippen molar-refractivity contribution in [3.8, 4) is 0 Å². The molecule has 3 heteroatoms. The zero-order valence-electron chi connectivity index (χ0n) is 16.3. The minimum absolute atomic E-state index is 0.0285. The molecule has 1 heterocycles. The molecule has 1 aromatic carbocycles. The average Bonchev–Trinajstić information content (AvgIpc) is 2.64. The van der Waals surface area contributed by atoms with Gasteiger partial charge in [-0.15, -0.1) is 0 Å². The molecule has 3 nitrogen and oxygen atoms in total. The summed E-state index contributed by atoms with van der Waals surface area (Å²) in [7, 11) is 4.02. The summed E-state index contributed by atoms with van der Waals surface area (Å²) in [6.45, 7) is 12.0. The number of nitrogens with zero attached hydrogens (tertiary/aromatic N) is 2. The Morgan fingerprint density at radius 1 is 1.12 bits per heavy atom. The summed E-state index contributed by atoms with van der Waals surface area (Å²) in [5, 5.41) is 0. The highest BCUT2D eigenvalue weighted by molar-refractivity contribution is 6.09. The summed E-state index contributed by atoms with van der Waals surface area (Å²) in [5.41, 5.74) is 2.73. The van der Waals surface area contributed by atoms with Crippen LogP contribution < -0.4 is 4.90 Å². The molecule has 0 atom stereocenters. The molecule has 1 aromatic rings. The van der Waals surface area contributed by atoms with Crippen molar-refractivity contribution in [3.63, 3.8) is 0 Å². The Hall–Kier alpha value is -1.77. The van der Waals surface area contributed by atoms with E-state index in [1.165, 1.54) is 0 Å². The van der Waals surface area contributed by atoms with Gasteiger partial charge >= 0.3 is 0 Å². The molecule has 0 saturated heterocycles. The molecule has 0 unspecified atom stereocenters. The van der Waals surface area contributed by atoms with Crippen LogP contribution in [0.4, 0.5) is 5.69 Å². The number of benzene rings is 1. The number of ketones is 1. The van der Waals surface area contributed by atoms with Gasteiger partial charge in [-0.3, -0.25) is 4.79 Å². The lowest BCUT2D eigenvalue weighted by molar-refractivity contribution is 0.100. The third kappa shape index (κ3) is 4.00. The molecule has 132 valence electrons. The topological polar surface area (TPSA) is 23.6 Å². The normalized spacial score (nSPS) is 18.0. The Labute approximate surface area is 147 Å². The van der Waals surface area contributed by atoms with Gasteiger partial charge in [0.1, 0.15) is 0 Å². The number of hydrogen-bond donors (Lipinski definition) is 0. The zero-order chi connectivity index (χ0) is 18.1. The molecule has 0 bridgehead atoms. The lowest BCUT2D eigenvalue weighted by atomic mass is 9.77. The summed E-state index contributed by atoms with van der Waals surface area (Å²) in [6, 6.07) is 7.92. The van der Waals surface area contributed by atoms with Crippen LogP contribution in [0, 0.1) is 5.41 Å². The predicted octanol–water partition coefficient (Wildman–Crippen LogP) is 4.74. The van der Waals surface area contributed by atoms with Crippen molar-refractivity contribution in [2.24, 2.45) is 5.41 Å². The molecular formula is C21H32N2O. The molecule has 0 spiro atoms. The van der Waals surface area contributed by atoms with Crippen molar-refractivity contribution >= 4 is 11.5 Å². The highest BCUT2D eigenvalue weighted by Crippen LogP contribution is 2.38. The van der Waals surface area contributed by atoms with Gasteiger partial charge in [-0.05, 0) is 63.3 Å². The zero-order valence-corrected chi connectivity index (χ0v) is 16.3. The van der Waals surface area contributed by atoms with Crippen LogP contribution >= 0.6 is 0 Å². The van der Waals surface area contributed by atoms with E-state index in [2.05, 4.69) is 45.7 Å². The minimum atomic E-state index is -0.0999. The number of allylic oxidation sites excluding steroid dienone is 1. The number of anilines is 1. The van der Waals surface area contributed by atoms with E-state index in [-0.39, 0.29) is 16.7 Å². The van der Waals surface area contributed by atoms with Gasteiger partial charge in [0.2, 0.25) is 0 Å². The summed E-state index contributed by atoms with van der Waals surface area (Å²) < 4.78 is 0. The molecule has 24 heavy (non-hydrogen) atoms. The number of Topliss-reactive ketones (excluding diaryl/α,β-unsaturated/α-hetero) is 1. The van der Waals surface area contributed by atoms with Crippen molar-refractivity contribution in [2.45, 2.75) is 53.0 Å². The van der Waals surface area contributed by atoms with E-state index in [1.54, 1.807) is 0 Å². The molecule has 1 aliphatic heterocycles. The van der Waals surface area contributed by atoms with Gasteiger partial charge in [0.05, 0.1) is 0 Å². The molecule has 1 aliphatic rings. The van der Waals surface area contributed by atoms with Crippen molar-refractivity contribution < 1.29 is 4.79 Å². The molecule has 0 aromatic heterocycles. The summed E-state index contributed by atoms with van der Waals surface area (Å²) in [4.78, 5) is 17.6. The Balaban J connectivity index is 2.40. The van der Waals surface area contributed by atoms with E-state index in [4.69, 9.17) is 0 Å². The number of carbonyl (C=O) groups is 1. The van der Waals surface area contributed by atoms with Gasteiger partial charge < -0.3 is 9.80 Å². The van der Waals surface area contributed by atoms with E-state index in [0.29, 0.717) is 0 Å². The quantitative estimate of drug-likeness (QED) is 0.749. The molecular weight excluding hydrogens is 296 g/mol. The third-order valence-electron chi connectivity index (χ3n) is 4.97. The smallest absolute Gasteiger partial charge is 0.191 e. The first kappa shape index (κ1) is 18.6. The maximum atomic E-state index is 13.2. The Kier molecular flexibility index (Phi) is 5.12. The largest absolute Gasteiger partial charge is 0.378 e. The van der Waals surface area contributed by atoms with E-state index in [1.807, 2.05) is 43.3 Å². The lowest BCUT2D eigenvalue weighted by Gasteiger charge is -2.35. The molecule has 0 radical (unpaired) electrons. The first-order valence-electron chi connectivity index (χ1n) is 8.83. The van der Waals surface area contributed by atoms with Crippen molar-refractivity contribution in [2.75, 3.05) is 25.5 Å². The second kappa shape index (κ2) is 6.62. The molecule has 0 N–H and O–H groups in total. The monoisotopic (exact) mass is 328 g/mol. The predicted molar refractivity (Wildman–Crippen MR) is 103 cm³/mol. The van der Waals surface area contributed by atoms with Gasteiger partial charge in [-0.25, -0.2) is 0 Å². The third-order valence-corrected chi connectivity index (χ3v) is 4.97. The number of carbonyl (C=O) groups excluding carboxylic acids is 1. The van der Waals surface area contributed by atoms with E-state index in [9.17, 15) is 4.79 Å². The lowest BCUT2D eigenvalue weighted by Crippen LogP contribution is -2.38. The van der Waals surface area contributed by atoms with Gasteiger partial charge in [-0.2, -0.15) is 0 Å². The maximum absolute atomic E-state index is 13.2. The Bertz CT molecular complexity index is 618. The molecule has 0 saturated carbocycles. The second-order valence-corrected chi connectivity index (χ2v) is 8.66. The SMILES string of the molecule is CN(C)c1ccc(C(=O)C2=CN(C(C)(C)C)CCCC2(C)C)cc1. The second-order valence-electron chi connectivity index (χ2n) is 8.66. The van der Waals surface area contributed by atoms with Gasteiger partial charge in [0.25, 0.3) is 0 Å². The van der Waals surface area contributed by atoms with Crippen molar-refractivity contribution in [1.82, 2.24) is 4.90 Å². The Morgan fingerprint density at radius 3 is 2.21 bits per heavy atom. The molecule has 0 amide bonds. The van der Waals surface area contributed by atoms with Crippen LogP contribution in [0.15, 0.2) is 36.0 Å². The standard InChI is InChI=1S/C21H32N2O/c1-20(2,3)23-14-8-13-21(4,5)18(15-23)19(24)16-9-11-17(12-10-16)22(6)7/h9-12,15H,8,13-14H2,1-7H3. The summed E-state index contributed by atoms with van der Waals surface area (Å²) in [5.74, 6) is 0.154. The van der Waals surface area contributed by atoms with Crippen molar-refractivity contribution in [3.05, 3.63) is 41.6 Å². The average molecular weight is 329 g/mol. The van der Waals surface area contributed by atoms with E-state index in [0.717, 1.165) is 36.2 Å². The van der Waals surface area contributed by atoms with Crippen LogP contribution in [-0.4, -0.2) is 36.9 Å². The number of rotatable bonds is 3. The van der Waals surface area contributed by atoms with E-state index < -0.39 is 0 Å². The van der Waals surface area contributed by atoms with Crippen LogP contribution in [0.5, 0.6) is 0 Å². The van der Waals surface area contributed by atoms with Gasteiger partial charge in [-0.1, -0.05) is 13.8 Å². The van der Waals surface area contributed by atoms with Crippen LogP contribution in [0.2, 0.25) is 0 Å². The fraction of sp³-hybridized carbons (Fsp3) is 0.571. The first-order chi connectivity index (χ1) is 11.0.